The average Bonchev–Trinajstić information content (AvgIpc) is 2.90. The molecule has 0 spiro atoms. The highest BCUT2D eigenvalue weighted by molar-refractivity contribution is 6.32. The third-order valence-electron chi connectivity index (χ3n) is 7.36. The fourth-order valence-electron chi connectivity index (χ4n) is 5.10. The summed E-state index contributed by atoms with van der Waals surface area (Å²) in [5.74, 6) is -1.75. The number of hydrogen-bond donors (Lipinski definition) is 2. The van der Waals surface area contributed by atoms with E-state index in [9.17, 15) is 14.7 Å². The predicted octanol–water partition coefficient (Wildman–Crippen LogP) is 7.21. The lowest BCUT2D eigenvalue weighted by Gasteiger charge is -2.37. The molecule has 0 bridgehead atoms. The molecule has 8 heteroatoms. The van der Waals surface area contributed by atoms with Gasteiger partial charge in [0.15, 0.2) is 0 Å². The summed E-state index contributed by atoms with van der Waals surface area (Å²) in [7, 11) is 4.04. The van der Waals surface area contributed by atoms with Crippen molar-refractivity contribution in [2.45, 2.75) is 54.0 Å². The number of nitrogens with zero attached hydrogens (tertiary/aromatic N) is 2. The first-order valence-electron chi connectivity index (χ1n) is 14.4. The second kappa shape index (κ2) is 14.2. The van der Waals surface area contributed by atoms with Crippen molar-refractivity contribution in [1.82, 2.24) is 15.2 Å². The van der Waals surface area contributed by atoms with Crippen molar-refractivity contribution in [1.29, 1.82) is 0 Å². The van der Waals surface area contributed by atoms with Crippen molar-refractivity contribution >= 4 is 23.5 Å². The van der Waals surface area contributed by atoms with Gasteiger partial charge in [-0.1, -0.05) is 76.6 Å². The molecule has 7 nitrogen and oxygen atoms in total. The van der Waals surface area contributed by atoms with Crippen molar-refractivity contribution in [2.75, 3.05) is 27.2 Å². The van der Waals surface area contributed by atoms with Gasteiger partial charge in [0.2, 0.25) is 0 Å². The van der Waals surface area contributed by atoms with Gasteiger partial charge in [0.1, 0.15) is 11.4 Å². The molecular weight excluding hydrogens is 550 g/mol. The van der Waals surface area contributed by atoms with Gasteiger partial charge in [0.05, 0.1) is 23.2 Å². The Labute approximate surface area is 255 Å². The molecule has 3 rings (SSSR count). The molecule has 0 radical (unpaired) electrons. The van der Waals surface area contributed by atoms with Crippen LogP contribution in [0, 0.1) is 24.2 Å². The molecule has 1 unspecified atom stereocenters. The molecule has 1 aromatic heterocycles. The lowest BCUT2D eigenvalue weighted by Crippen LogP contribution is -2.52. The topological polar surface area (TPSA) is 91.8 Å². The van der Waals surface area contributed by atoms with Crippen LogP contribution in [0.15, 0.2) is 54.6 Å². The second-order valence-corrected chi connectivity index (χ2v) is 12.9. The first kappa shape index (κ1) is 33.1. The maximum atomic E-state index is 13.7. The van der Waals surface area contributed by atoms with Crippen LogP contribution >= 0.6 is 11.6 Å². The Morgan fingerprint density at radius 3 is 2.33 bits per heavy atom. The minimum absolute atomic E-state index is 0.177. The van der Waals surface area contributed by atoms with E-state index in [4.69, 9.17) is 21.3 Å². The number of pyridine rings is 1. The highest BCUT2D eigenvalue weighted by atomic mass is 35.5. The molecule has 0 aliphatic heterocycles. The van der Waals surface area contributed by atoms with Crippen LogP contribution in [0.1, 0.15) is 57.1 Å². The number of nitrogens with one attached hydrogen (secondary N) is 1. The van der Waals surface area contributed by atoms with E-state index in [1.54, 1.807) is 12.1 Å². The Hall–Kier alpha value is -3.42. The summed E-state index contributed by atoms with van der Waals surface area (Å²) >= 11 is 6.50. The van der Waals surface area contributed by atoms with Crippen LogP contribution in [0.25, 0.3) is 22.4 Å². The number of aromatic nitrogens is 1. The Balaban J connectivity index is 2.08. The zero-order valence-electron chi connectivity index (χ0n) is 26.0. The summed E-state index contributed by atoms with van der Waals surface area (Å²) in [6.07, 6.45) is 0.846. The maximum Gasteiger partial charge on any atom is 0.308 e. The van der Waals surface area contributed by atoms with E-state index >= 15 is 0 Å². The Kier molecular flexibility index (Phi) is 11.2. The van der Waals surface area contributed by atoms with Crippen LogP contribution in [0.3, 0.4) is 0 Å². The molecule has 2 atom stereocenters. The lowest BCUT2D eigenvalue weighted by molar-refractivity contribution is -0.145. The van der Waals surface area contributed by atoms with Crippen molar-refractivity contribution in [3.8, 4) is 28.1 Å². The quantitative estimate of drug-likeness (QED) is 0.216. The second-order valence-electron chi connectivity index (χ2n) is 12.5. The molecule has 42 heavy (non-hydrogen) atoms. The van der Waals surface area contributed by atoms with Crippen molar-refractivity contribution in [3.05, 3.63) is 70.9 Å². The molecule has 0 saturated heterocycles. The number of ether oxygens (including phenoxy) is 1. The standard InChI is InChI=1S/C34H44ClN3O4/c1-21(2)29(33(40)41)31(34(4,5)6)37-32(39)27-17-15-25(24-13-10-9-12-22(24)3)30(36-27)23-14-16-26(35)28(20-23)42-19-11-18-38(7)8/h9-10,12-17,20-21,29,31H,11,18-19H2,1-8H3,(H,37,39)(H,40,41)/t29?,31-/m0/s1. The van der Waals surface area contributed by atoms with E-state index < -0.39 is 29.3 Å². The van der Waals surface area contributed by atoms with E-state index in [1.807, 2.05) is 98.1 Å². The Morgan fingerprint density at radius 1 is 1.05 bits per heavy atom. The first-order valence-corrected chi connectivity index (χ1v) is 14.8. The number of aryl methyl sites for hydroxylation is 1. The molecule has 1 amide bonds. The summed E-state index contributed by atoms with van der Waals surface area (Å²) in [5, 5.41) is 13.5. The normalized spacial score (nSPS) is 13.2. The van der Waals surface area contributed by atoms with Gasteiger partial charge in [-0.15, -0.1) is 0 Å². The first-order chi connectivity index (χ1) is 19.7. The van der Waals surface area contributed by atoms with Crippen LogP contribution < -0.4 is 10.1 Å². The molecule has 2 N–H and O–H groups in total. The van der Waals surface area contributed by atoms with Gasteiger partial charge < -0.3 is 20.1 Å². The zero-order chi connectivity index (χ0) is 31.2. The van der Waals surface area contributed by atoms with Crippen molar-refractivity contribution in [3.63, 3.8) is 0 Å². The van der Waals surface area contributed by atoms with Crippen molar-refractivity contribution < 1.29 is 19.4 Å². The van der Waals surface area contributed by atoms with Crippen LogP contribution in [-0.4, -0.2) is 60.2 Å². The number of carbonyl (C=O) groups is 2. The summed E-state index contributed by atoms with van der Waals surface area (Å²) in [4.78, 5) is 32.9. The van der Waals surface area contributed by atoms with E-state index in [0.29, 0.717) is 23.1 Å². The van der Waals surface area contributed by atoms with Gasteiger partial charge in [0.25, 0.3) is 5.91 Å². The minimum Gasteiger partial charge on any atom is -0.492 e. The fraction of sp³-hybridized carbons (Fsp3) is 0.441. The third-order valence-corrected chi connectivity index (χ3v) is 7.67. The molecule has 3 aromatic rings. The van der Waals surface area contributed by atoms with Crippen LogP contribution in [0.2, 0.25) is 5.02 Å². The van der Waals surface area contributed by atoms with Gasteiger partial charge in [-0.3, -0.25) is 9.59 Å². The number of hydrogen-bond acceptors (Lipinski definition) is 5. The van der Waals surface area contributed by atoms with Crippen LogP contribution in [-0.2, 0) is 4.79 Å². The molecule has 0 saturated carbocycles. The largest absolute Gasteiger partial charge is 0.492 e. The number of aliphatic carboxylic acids is 1. The van der Waals surface area contributed by atoms with E-state index in [-0.39, 0.29) is 11.6 Å². The monoisotopic (exact) mass is 593 g/mol. The molecule has 0 aliphatic rings. The predicted molar refractivity (Wildman–Crippen MR) is 170 cm³/mol. The highest BCUT2D eigenvalue weighted by Crippen LogP contribution is 2.37. The van der Waals surface area contributed by atoms with E-state index in [1.165, 1.54) is 0 Å². The number of carboxylic acids is 1. The van der Waals surface area contributed by atoms with Gasteiger partial charge in [-0.2, -0.15) is 0 Å². The smallest absolute Gasteiger partial charge is 0.308 e. The lowest BCUT2D eigenvalue weighted by atomic mass is 9.74. The molecule has 1 heterocycles. The maximum absolute atomic E-state index is 13.7. The summed E-state index contributed by atoms with van der Waals surface area (Å²) in [6, 6.07) is 16.5. The average molecular weight is 594 g/mol. The number of carbonyl (C=O) groups excluding carboxylic acids is 1. The third kappa shape index (κ3) is 8.33. The Bertz CT molecular complexity index is 1400. The van der Waals surface area contributed by atoms with Crippen LogP contribution in [0.4, 0.5) is 0 Å². The summed E-state index contributed by atoms with van der Waals surface area (Å²) in [5.41, 5.74) is 4.00. The molecule has 2 aromatic carbocycles. The highest BCUT2D eigenvalue weighted by Gasteiger charge is 2.40. The SMILES string of the molecule is Cc1ccccc1-c1ccc(C(=O)N[C@@H](C(C(=O)O)C(C)C)C(C)(C)C)nc1-c1ccc(Cl)c(OCCCN(C)C)c1. The number of rotatable bonds is 12. The molecule has 226 valence electrons. The van der Waals surface area contributed by atoms with Crippen molar-refractivity contribution in [2.24, 2.45) is 17.3 Å². The molecule has 0 fully saturated rings. The van der Waals surface area contributed by atoms with Crippen LogP contribution in [0.5, 0.6) is 5.75 Å². The fourth-order valence-corrected chi connectivity index (χ4v) is 5.27. The number of halogens is 1. The molecule has 0 aliphatic carbocycles. The zero-order valence-corrected chi connectivity index (χ0v) is 26.7. The summed E-state index contributed by atoms with van der Waals surface area (Å²) < 4.78 is 6.04. The van der Waals surface area contributed by atoms with E-state index in [0.717, 1.165) is 35.2 Å². The number of amides is 1. The molecular formula is C34H44ClN3O4. The minimum atomic E-state index is -0.937. The number of benzene rings is 2. The summed E-state index contributed by atoms with van der Waals surface area (Å²) in [6.45, 7) is 13.0. The van der Waals surface area contributed by atoms with Gasteiger partial charge in [-0.05, 0) is 74.2 Å². The van der Waals surface area contributed by atoms with Gasteiger partial charge in [-0.25, -0.2) is 4.98 Å². The van der Waals surface area contributed by atoms with E-state index in [2.05, 4.69) is 10.2 Å². The Morgan fingerprint density at radius 2 is 1.74 bits per heavy atom. The van der Waals surface area contributed by atoms with Gasteiger partial charge in [0, 0.05) is 23.7 Å². The van der Waals surface area contributed by atoms with Gasteiger partial charge >= 0.3 is 5.97 Å². The number of carboxylic acid groups (broad SMARTS) is 1.